The quantitative estimate of drug-likeness (QED) is 0.343. The molecule has 2 aromatic carbocycles. The summed E-state index contributed by atoms with van der Waals surface area (Å²) in [7, 11) is 0. The molecule has 1 atom stereocenters. The van der Waals surface area contributed by atoms with Crippen molar-refractivity contribution < 1.29 is 14.0 Å². The third-order valence-corrected chi connectivity index (χ3v) is 3.12. The van der Waals surface area contributed by atoms with Crippen molar-refractivity contribution in [3.8, 4) is 0 Å². The Morgan fingerprint density at radius 3 is 2.52 bits per heavy atom. The standard InChI is InChI=1S/C15H15F2N3O/c16-12-7-4-8-13(14(12)17)19-9-11(15(18)20-21)10-5-2-1-3-6-10/h1-8,11,19,21H,9H2,(H2,18,20). The lowest BCUT2D eigenvalue weighted by atomic mass is 9.98. The molecule has 0 amide bonds. The van der Waals surface area contributed by atoms with Crippen molar-refractivity contribution in [2.75, 3.05) is 11.9 Å². The Morgan fingerprint density at radius 2 is 1.86 bits per heavy atom. The molecule has 0 aliphatic rings. The fourth-order valence-corrected chi connectivity index (χ4v) is 2.00. The van der Waals surface area contributed by atoms with Gasteiger partial charge in [0.2, 0.25) is 0 Å². The molecule has 0 fully saturated rings. The topological polar surface area (TPSA) is 70.6 Å². The molecular weight excluding hydrogens is 276 g/mol. The zero-order valence-corrected chi connectivity index (χ0v) is 11.1. The molecule has 4 nitrogen and oxygen atoms in total. The summed E-state index contributed by atoms with van der Waals surface area (Å²) >= 11 is 0. The van der Waals surface area contributed by atoms with Gasteiger partial charge in [-0.2, -0.15) is 0 Å². The van der Waals surface area contributed by atoms with Crippen LogP contribution >= 0.6 is 0 Å². The molecule has 0 bridgehead atoms. The second kappa shape index (κ2) is 6.69. The average Bonchev–Trinajstić information content (AvgIpc) is 2.52. The van der Waals surface area contributed by atoms with Crippen LogP contribution in [0.5, 0.6) is 0 Å². The first-order valence-electron chi connectivity index (χ1n) is 6.33. The smallest absolute Gasteiger partial charge is 0.181 e. The Kier molecular flexibility index (Phi) is 4.71. The van der Waals surface area contributed by atoms with Gasteiger partial charge in [0, 0.05) is 6.54 Å². The molecule has 21 heavy (non-hydrogen) atoms. The predicted octanol–water partition coefficient (Wildman–Crippen LogP) is 2.91. The normalized spacial score (nSPS) is 13.0. The lowest BCUT2D eigenvalue weighted by Crippen LogP contribution is -2.28. The summed E-state index contributed by atoms with van der Waals surface area (Å²) < 4.78 is 26.7. The molecule has 0 heterocycles. The number of rotatable bonds is 5. The van der Waals surface area contributed by atoms with E-state index in [1.807, 2.05) is 30.3 Å². The van der Waals surface area contributed by atoms with E-state index in [-0.39, 0.29) is 18.1 Å². The van der Waals surface area contributed by atoms with Gasteiger partial charge in [-0.3, -0.25) is 0 Å². The van der Waals surface area contributed by atoms with Crippen molar-refractivity contribution in [2.45, 2.75) is 5.92 Å². The number of amidine groups is 1. The molecule has 1 unspecified atom stereocenters. The fraction of sp³-hybridized carbons (Fsp3) is 0.133. The van der Waals surface area contributed by atoms with Gasteiger partial charge in [0.15, 0.2) is 11.6 Å². The van der Waals surface area contributed by atoms with Crippen LogP contribution in [0.3, 0.4) is 0 Å². The number of benzene rings is 2. The average molecular weight is 291 g/mol. The largest absolute Gasteiger partial charge is 0.409 e. The first-order valence-corrected chi connectivity index (χ1v) is 6.33. The fourth-order valence-electron chi connectivity index (χ4n) is 2.00. The summed E-state index contributed by atoms with van der Waals surface area (Å²) in [6.07, 6.45) is 0. The molecule has 0 aliphatic carbocycles. The van der Waals surface area contributed by atoms with E-state index in [9.17, 15) is 8.78 Å². The maximum Gasteiger partial charge on any atom is 0.181 e. The molecule has 6 heteroatoms. The van der Waals surface area contributed by atoms with Crippen LogP contribution in [0.15, 0.2) is 53.7 Å². The summed E-state index contributed by atoms with van der Waals surface area (Å²) in [5, 5.41) is 14.6. The van der Waals surface area contributed by atoms with Crippen molar-refractivity contribution in [1.82, 2.24) is 0 Å². The van der Waals surface area contributed by atoms with Crippen LogP contribution in [0, 0.1) is 11.6 Å². The van der Waals surface area contributed by atoms with E-state index in [0.29, 0.717) is 0 Å². The van der Waals surface area contributed by atoms with E-state index in [2.05, 4.69) is 10.5 Å². The molecule has 4 N–H and O–H groups in total. The van der Waals surface area contributed by atoms with Crippen molar-refractivity contribution >= 4 is 11.5 Å². The first-order chi connectivity index (χ1) is 10.1. The Bertz CT molecular complexity index is 632. The number of hydrogen-bond acceptors (Lipinski definition) is 3. The summed E-state index contributed by atoms with van der Waals surface area (Å²) in [6, 6.07) is 13.0. The van der Waals surface area contributed by atoms with Crippen LogP contribution in [0.4, 0.5) is 14.5 Å². The Morgan fingerprint density at radius 1 is 1.14 bits per heavy atom. The van der Waals surface area contributed by atoms with Crippen molar-refractivity contribution in [1.29, 1.82) is 0 Å². The van der Waals surface area contributed by atoms with Crippen LogP contribution < -0.4 is 11.1 Å². The second-order valence-electron chi connectivity index (χ2n) is 4.47. The molecular formula is C15H15F2N3O. The zero-order valence-electron chi connectivity index (χ0n) is 11.1. The summed E-state index contributed by atoms with van der Waals surface area (Å²) in [4.78, 5) is 0. The van der Waals surface area contributed by atoms with E-state index < -0.39 is 17.6 Å². The highest BCUT2D eigenvalue weighted by Crippen LogP contribution is 2.20. The lowest BCUT2D eigenvalue weighted by Gasteiger charge is -2.17. The maximum absolute atomic E-state index is 13.6. The number of nitrogens with zero attached hydrogens (tertiary/aromatic N) is 1. The SMILES string of the molecule is NC(=NO)C(CNc1cccc(F)c1F)c1ccccc1. The van der Waals surface area contributed by atoms with Gasteiger partial charge < -0.3 is 16.3 Å². The number of anilines is 1. The number of hydrogen-bond donors (Lipinski definition) is 3. The highest BCUT2D eigenvalue weighted by molar-refractivity contribution is 5.87. The van der Waals surface area contributed by atoms with E-state index in [4.69, 9.17) is 10.9 Å². The van der Waals surface area contributed by atoms with Crippen LogP contribution in [-0.4, -0.2) is 17.6 Å². The van der Waals surface area contributed by atoms with Gasteiger partial charge >= 0.3 is 0 Å². The maximum atomic E-state index is 13.6. The van der Waals surface area contributed by atoms with Gasteiger partial charge in [-0.15, -0.1) is 0 Å². The number of nitrogens with two attached hydrogens (primary N) is 1. The third-order valence-electron chi connectivity index (χ3n) is 3.12. The van der Waals surface area contributed by atoms with Crippen LogP contribution in [0.2, 0.25) is 0 Å². The monoisotopic (exact) mass is 291 g/mol. The van der Waals surface area contributed by atoms with E-state index in [1.54, 1.807) is 0 Å². The highest BCUT2D eigenvalue weighted by Gasteiger charge is 2.17. The molecule has 2 aromatic rings. The van der Waals surface area contributed by atoms with Crippen LogP contribution in [-0.2, 0) is 0 Å². The summed E-state index contributed by atoms with van der Waals surface area (Å²) in [6.45, 7) is 0.167. The van der Waals surface area contributed by atoms with Crippen molar-refractivity contribution in [3.05, 3.63) is 65.7 Å². The van der Waals surface area contributed by atoms with Crippen LogP contribution in [0.1, 0.15) is 11.5 Å². The van der Waals surface area contributed by atoms with Gasteiger partial charge in [0.25, 0.3) is 0 Å². The molecule has 0 aromatic heterocycles. The second-order valence-corrected chi connectivity index (χ2v) is 4.47. The van der Waals surface area contributed by atoms with E-state index >= 15 is 0 Å². The molecule has 110 valence electrons. The zero-order chi connectivity index (χ0) is 15.2. The Hall–Kier alpha value is -2.63. The van der Waals surface area contributed by atoms with E-state index in [1.165, 1.54) is 12.1 Å². The van der Waals surface area contributed by atoms with Crippen LogP contribution in [0.25, 0.3) is 0 Å². The molecule has 0 aliphatic heterocycles. The van der Waals surface area contributed by atoms with E-state index in [0.717, 1.165) is 11.6 Å². The molecule has 0 spiro atoms. The Labute approximate surface area is 120 Å². The van der Waals surface area contributed by atoms with Gasteiger partial charge in [0.1, 0.15) is 5.84 Å². The minimum absolute atomic E-state index is 0.00879. The predicted molar refractivity (Wildman–Crippen MR) is 77.4 cm³/mol. The molecule has 0 saturated heterocycles. The third kappa shape index (κ3) is 3.47. The van der Waals surface area contributed by atoms with Gasteiger partial charge in [-0.05, 0) is 17.7 Å². The number of halogens is 2. The Balaban J connectivity index is 2.19. The molecule has 0 saturated carbocycles. The summed E-state index contributed by atoms with van der Waals surface area (Å²) in [5.74, 6) is -2.35. The van der Waals surface area contributed by atoms with Gasteiger partial charge in [0.05, 0.1) is 11.6 Å². The van der Waals surface area contributed by atoms with Gasteiger partial charge in [-0.25, -0.2) is 8.78 Å². The minimum atomic E-state index is -0.955. The molecule has 2 rings (SSSR count). The van der Waals surface area contributed by atoms with Gasteiger partial charge in [-0.1, -0.05) is 41.6 Å². The van der Waals surface area contributed by atoms with Crippen molar-refractivity contribution in [3.63, 3.8) is 0 Å². The first kappa shape index (κ1) is 14.8. The lowest BCUT2D eigenvalue weighted by molar-refractivity contribution is 0.316. The highest BCUT2D eigenvalue weighted by atomic mass is 19.2. The number of oxime groups is 1. The minimum Gasteiger partial charge on any atom is -0.409 e. The number of nitrogens with one attached hydrogen (secondary N) is 1. The van der Waals surface area contributed by atoms with Crippen molar-refractivity contribution in [2.24, 2.45) is 10.9 Å². The molecule has 0 radical (unpaired) electrons. The summed E-state index contributed by atoms with van der Waals surface area (Å²) in [5.41, 5.74) is 6.51.